The van der Waals surface area contributed by atoms with Crippen LogP contribution in [0.25, 0.3) is 0 Å². The van der Waals surface area contributed by atoms with Gasteiger partial charge in [0.25, 0.3) is 5.69 Å². The van der Waals surface area contributed by atoms with Crippen LogP contribution in [0.5, 0.6) is 17.2 Å². The van der Waals surface area contributed by atoms with E-state index in [4.69, 9.17) is 9.47 Å². The monoisotopic (exact) mass is 304 g/mol. The van der Waals surface area contributed by atoms with E-state index in [2.05, 4.69) is 5.32 Å². The molecule has 0 fully saturated rings. The maximum Gasteiger partial charge on any atom is 0.271 e. The number of methoxy groups -OCH3 is 2. The number of ether oxygens (including phenoxy) is 2. The Morgan fingerprint density at radius 3 is 2.55 bits per heavy atom. The van der Waals surface area contributed by atoms with E-state index in [0.29, 0.717) is 22.7 Å². The van der Waals surface area contributed by atoms with Gasteiger partial charge in [-0.3, -0.25) is 10.1 Å². The number of nitro benzene ring substituents is 1. The number of nitrogens with zero attached hydrogens (tertiary/aromatic N) is 1. The summed E-state index contributed by atoms with van der Waals surface area (Å²) in [6.07, 6.45) is 0. The lowest BCUT2D eigenvalue weighted by atomic mass is 10.1. The number of hydrogen-bond donors (Lipinski definition) is 2. The fraction of sp³-hybridized carbons (Fsp3) is 0.200. The molecule has 0 bridgehead atoms. The number of anilines is 1. The summed E-state index contributed by atoms with van der Waals surface area (Å²) in [4.78, 5) is 10.4. The Labute approximate surface area is 127 Å². The van der Waals surface area contributed by atoms with Crippen LogP contribution < -0.4 is 14.8 Å². The van der Waals surface area contributed by atoms with Crippen LogP contribution in [0.1, 0.15) is 5.56 Å². The Morgan fingerprint density at radius 2 is 1.91 bits per heavy atom. The number of hydrogen-bond acceptors (Lipinski definition) is 6. The molecular weight excluding hydrogens is 288 g/mol. The molecule has 0 aliphatic heterocycles. The number of aromatic hydroxyl groups is 1. The number of benzene rings is 2. The molecule has 0 aromatic heterocycles. The lowest BCUT2D eigenvalue weighted by Gasteiger charge is -2.13. The van der Waals surface area contributed by atoms with Gasteiger partial charge in [0.1, 0.15) is 5.75 Å². The summed E-state index contributed by atoms with van der Waals surface area (Å²) in [7, 11) is 2.95. The van der Waals surface area contributed by atoms with E-state index >= 15 is 0 Å². The van der Waals surface area contributed by atoms with Gasteiger partial charge in [-0.2, -0.15) is 0 Å². The lowest BCUT2D eigenvalue weighted by molar-refractivity contribution is -0.384. The molecule has 2 aromatic rings. The first-order chi connectivity index (χ1) is 10.6. The van der Waals surface area contributed by atoms with Gasteiger partial charge in [0, 0.05) is 24.2 Å². The largest absolute Gasteiger partial charge is 0.504 e. The molecule has 7 nitrogen and oxygen atoms in total. The Bertz CT molecular complexity index is 688. The van der Waals surface area contributed by atoms with Crippen molar-refractivity contribution in [2.24, 2.45) is 0 Å². The van der Waals surface area contributed by atoms with E-state index in [1.807, 2.05) is 0 Å². The second kappa shape index (κ2) is 6.66. The predicted octanol–water partition coefficient (Wildman–Crippen LogP) is 2.93. The molecule has 22 heavy (non-hydrogen) atoms. The molecule has 2 rings (SSSR count). The first-order valence-electron chi connectivity index (χ1n) is 6.48. The zero-order valence-electron chi connectivity index (χ0n) is 12.2. The number of rotatable bonds is 6. The van der Waals surface area contributed by atoms with E-state index in [-0.39, 0.29) is 18.0 Å². The third-order valence-corrected chi connectivity index (χ3v) is 3.17. The van der Waals surface area contributed by atoms with E-state index in [1.54, 1.807) is 18.2 Å². The summed E-state index contributed by atoms with van der Waals surface area (Å²) >= 11 is 0. The van der Waals surface area contributed by atoms with Crippen molar-refractivity contribution in [3.8, 4) is 17.2 Å². The van der Waals surface area contributed by atoms with Crippen LogP contribution in [0.3, 0.4) is 0 Å². The number of para-hydroxylation sites is 1. The molecule has 0 aliphatic carbocycles. The predicted molar refractivity (Wildman–Crippen MR) is 81.6 cm³/mol. The number of nitro groups is 1. The third kappa shape index (κ3) is 3.20. The highest BCUT2D eigenvalue weighted by atomic mass is 16.6. The Kier molecular flexibility index (Phi) is 4.67. The molecule has 0 atom stereocenters. The number of non-ortho nitro benzene ring substituents is 1. The number of nitrogens with one attached hydrogen (secondary N) is 1. The minimum absolute atomic E-state index is 0.0295. The fourth-order valence-electron chi connectivity index (χ4n) is 2.01. The van der Waals surface area contributed by atoms with Gasteiger partial charge in [0.05, 0.1) is 24.8 Å². The van der Waals surface area contributed by atoms with Crippen LogP contribution in [-0.4, -0.2) is 24.2 Å². The van der Waals surface area contributed by atoms with Crippen LogP contribution in [0.2, 0.25) is 0 Å². The summed E-state index contributed by atoms with van der Waals surface area (Å²) in [6.45, 7) is 0.264. The topological polar surface area (TPSA) is 93.9 Å². The van der Waals surface area contributed by atoms with E-state index in [9.17, 15) is 15.2 Å². The zero-order chi connectivity index (χ0) is 16.1. The summed E-state index contributed by atoms with van der Waals surface area (Å²) in [5.74, 6) is 0.875. The van der Waals surface area contributed by atoms with Crippen molar-refractivity contribution in [3.63, 3.8) is 0 Å². The van der Waals surface area contributed by atoms with Crippen LogP contribution in [-0.2, 0) is 6.54 Å². The highest BCUT2D eigenvalue weighted by Crippen LogP contribution is 2.32. The molecule has 2 N–H and O–H groups in total. The number of phenolic OH excluding ortho intramolecular Hbond substituents is 1. The molecule has 0 unspecified atom stereocenters. The summed E-state index contributed by atoms with van der Waals surface area (Å²) in [6, 6.07) is 9.40. The summed E-state index contributed by atoms with van der Waals surface area (Å²) in [5.41, 5.74) is 1.03. The van der Waals surface area contributed by atoms with Crippen molar-refractivity contribution in [2.75, 3.05) is 19.5 Å². The molecule has 0 aliphatic rings. The quantitative estimate of drug-likeness (QED) is 0.629. The SMILES string of the molecule is COc1ccc([N+](=O)[O-])cc1NCc1cccc(OC)c1O. The minimum atomic E-state index is -0.479. The van der Waals surface area contributed by atoms with Gasteiger partial charge in [-0.05, 0) is 12.1 Å². The van der Waals surface area contributed by atoms with Gasteiger partial charge in [0.2, 0.25) is 0 Å². The minimum Gasteiger partial charge on any atom is -0.504 e. The lowest BCUT2D eigenvalue weighted by Crippen LogP contribution is -2.03. The van der Waals surface area contributed by atoms with Crippen molar-refractivity contribution in [2.45, 2.75) is 6.54 Å². The first kappa shape index (κ1) is 15.4. The van der Waals surface area contributed by atoms with Crippen molar-refractivity contribution in [1.82, 2.24) is 0 Å². The maximum absolute atomic E-state index is 10.8. The van der Waals surface area contributed by atoms with Gasteiger partial charge in [-0.15, -0.1) is 0 Å². The second-order valence-electron chi connectivity index (χ2n) is 4.46. The molecular formula is C15H16N2O5. The van der Waals surface area contributed by atoms with Gasteiger partial charge in [0.15, 0.2) is 11.5 Å². The van der Waals surface area contributed by atoms with Crippen LogP contribution in [0.4, 0.5) is 11.4 Å². The van der Waals surface area contributed by atoms with E-state index < -0.39 is 4.92 Å². The van der Waals surface area contributed by atoms with Gasteiger partial charge in [-0.1, -0.05) is 12.1 Å². The first-order valence-corrected chi connectivity index (χ1v) is 6.48. The fourth-order valence-corrected chi connectivity index (χ4v) is 2.01. The highest BCUT2D eigenvalue weighted by Gasteiger charge is 2.12. The second-order valence-corrected chi connectivity index (χ2v) is 4.46. The van der Waals surface area contributed by atoms with Crippen LogP contribution in [0.15, 0.2) is 36.4 Å². The Morgan fingerprint density at radius 1 is 1.18 bits per heavy atom. The van der Waals surface area contributed by atoms with Crippen molar-refractivity contribution in [1.29, 1.82) is 0 Å². The standard InChI is InChI=1S/C15H16N2O5/c1-21-13-7-6-11(17(19)20)8-12(13)16-9-10-4-3-5-14(22-2)15(10)18/h3-8,16,18H,9H2,1-2H3. The Balaban J connectivity index is 2.24. The van der Waals surface area contributed by atoms with Gasteiger partial charge < -0.3 is 19.9 Å². The normalized spacial score (nSPS) is 10.1. The van der Waals surface area contributed by atoms with Gasteiger partial charge in [-0.25, -0.2) is 0 Å². The van der Waals surface area contributed by atoms with Crippen LogP contribution in [0, 0.1) is 10.1 Å². The average molecular weight is 304 g/mol. The van der Waals surface area contributed by atoms with E-state index in [0.717, 1.165) is 0 Å². The van der Waals surface area contributed by atoms with Crippen LogP contribution >= 0.6 is 0 Å². The average Bonchev–Trinajstić information content (AvgIpc) is 2.53. The molecule has 0 saturated heterocycles. The molecule has 116 valence electrons. The third-order valence-electron chi connectivity index (χ3n) is 3.17. The molecule has 2 aromatic carbocycles. The molecule has 0 spiro atoms. The summed E-state index contributed by atoms with van der Waals surface area (Å²) < 4.78 is 10.2. The smallest absolute Gasteiger partial charge is 0.271 e. The Hall–Kier alpha value is -2.96. The molecule has 7 heteroatoms. The van der Waals surface area contributed by atoms with E-state index in [1.165, 1.54) is 32.4 Å². The molecule has 0 amide bonds. The zero-order valence-corrected chi connectivity index (χ0v) is 12.2. The number of phenols is 1. The van der Waals surface area contributed by atoms with Crippen molar-refractivity contribution in [3.05, 3.63) is 52.1 Å². The molecule has 0 radical (unpaired) electrons. The highest BCUT2D eigenvalue weighted by molar-refractivity contribution is 5.62. The summed E-state index contributed by atoms with van der Waals surface area (Å²) in [5, 5.41) is 23.9. The molecule has 0 heterocycles. The maximum atomic E-state index is 10.8. The van der Waals surface area contributed by atoms with Crippen molar-refractivity contribution < 1.29 is 19.5 Å². The molecule has 0 saturated carbocycles. The van der Waals surface area contributed by atoms with Crippen molar-refractivity contribution >= 4 is 11.4 Å². The van der Waals surface area contributed by atoms with Gasteiger partial charge >= 0.3 is 0 Å².